The fraction of sp³-hybridized carbons (Fsp3) is 0.222. The van der Waals surface area contributed by atoms with E-state index in [0.29, 0.717) is 5.56 Å². The Morgan fingerprint density at radius 2 is 1.87 bits per heavy atom. The van der Waals surface area contributed by atoms with Crippen LogP contribution in [0.15, 0.2) is 18.2 Å². The molecular formula is C9H9Cl2LiMgO2. The monoisotopic (exact) mass is 250 g/mol. The minimum Gasteiger partial charge on any atom is -1.00 e. The maximum atomic E-state index is 11.1. The van der Waals surface area contributed by atoms with Gasteiger partial charge in [0.1, 0.15) is 0 Å². The Kier molecular flexibility index (Phi) is 13.7. The normalized spacial score (nSPS) is 7.73. The van der Waals surface area contributed by atoms with Crippen LogP contribution in [-0.2, 0) is 4.74 Å². The zero-order chi connectivity index (χ0) is 9.14. The molecule has 1 aromatic rings. The third-order valence-corrected chi connectivity index (χ3v) is 2.14. The van der Waals surface area contributed by atoms with Crippen molar-refractivity contribution in [3.63, 3.8) is 0 Å². The van der Waals surface area contributed by atoms with E-state index in [0.717, 1.165) is 5.56 Å². The minimum absolute atomic E-state index is 0. The molecule has 0 unspecified atom stereocenters. The maximum absolute atomic E-state index is 11.1. The first-order chi connectivity index (χ1) is 5.65. The van der Waals surface area contributed by atoms with Crippen LogP contribution < -0.4 is 47.4 Å². The molecule has 0 radical (unpaired) electrons. The van der Waals surface area contributed by atoms with Crippen molar-refractivity contribution in [3.8, 4) is 0 Å². The van der Waals surface area contributed by atoms with Gasteiger partial charge in [-0.25, -0.2) is 0 Å². The quantitative estimate of drug-likeness (QED) is 0.366. The third-order valence-electron chi connectivity index (χ3n) is 1.70. The summed E-state index contributed by atoms with van der Waals surface area (Å²) in [5, 5.41) is 0. The molecule has 0 saturated carbocycles. The fourth-order valence-electron chi connectivity index (χ4n) is 1.06. The number of hydrogen-bond acceptors (Lipinski definition) is 2. The Hall–Kier alpha value is 0.634. The predicted molar refractivity (Wildman–Crippen MR) is 47.9 cm³/mol. The van der Waals surface area contributed by atoms with Crippen LogP contribution in [0, 0.1) is 6.92 Å². The van der Waals surface area contributed by atoms with Crippen molar-refractivity contribution in [1.82, 2.24) is 0 Å². The van der Waals surface area contributed by atoms with Gasteiger partial charge in [0.25, 0.3) is 0 Å². The molecule has 0 N–H and O–H groups in total. The van der Waals surface area contributed by atoms with Gasteiger partial charge in [-0.05, 0) is 0 Å². The zero-order valence-electron chi connectivity index (χ0n) is 9.01. The first-order valence-corrected chi connectivity index (χ1v) is 4.37. The molecule has 15 heavy (non-hydrogen) atoms. The number of carbonyl (C=O) groups excluding carboxylic acids is 1. The van der Waals surface area contributed by atoms with Gasteiger partial charge in [-0.1, -0.05) is 0 Å². The van der Waals surface area contributed by atoms with Crippen LogP contribution in [0.2, 0.25) is 0 Å². The molecule has 0 bridgehead atoms. The van der Waals surface area contributed by atoms with E-state index in [9.17, 15) is 4.79 Å². The van der Waals surface area contributed by atoms with Crippen LogP contribution in [0.1, 0.15) is 15.9 Å². The topological polar surface area (TPSA) is 26.3 Å². The first-order valence-electron chi connectivity index (χ1n) is 3.66. The Balaban J connectivity index is -0.000000480. The molecule has 0 atom stereocenters. The molecule has 2 nitrogen and oxygen atoms in total. The Morgan fingerprint density at radius 1 is 1.33 bits per heavy atom. The number of hydrogen-bond donors (Lipinski definition) is 0. The molecule has 1 aromatic carbocycles. The maximum Gasteiger partial charge on any atom is 1.00 e. The molecule has 0 amide bonds. The molecule has 74 valence electrons. The van der Waals surface area contributed by atoms with Gasteiger partial charge < -0.3 is 24.8 Å². The summed E-state index contributed by atoms with van der Waals surface area (Å²) in [4.78, 5) is 11.1. The second kappa shape index (κ2) is 9.83. The summed E-state index contributed by atoms with van der Waals surface area (Å²) in [6.45, 7) is 1.91. The molecule has 1 rings (SSSR count). The van der Waals surface area contributed by atoms with Gasteiger partial charge >= 0.3 is 103 Å². The molecule has 0 aliphatic rings. The number of ether oxygens (including phenoxy) is 1. The summed E-state index contributed by atoms with van der Waals surface area (Å²) >= 11 is 1.80. The number of halogens is 2. The molecule has 0 heterocycles. The van der Waals surface area contributed by atoms with Gasteiger partial charge in [0.05, 0.1) is 0 Å². The molecule has 0 spiro atoms. The molecule has 0 fully saturated rings. The summed E-state index contributed by atoms with van der Waals surface area (Å²) in [6, 6.07) is 5.69. The zero-order valence-corrected chi connectivity index (χ0v) is 11.9. The Labute approximate surface area is 127 Å². The molecular weight excluding hydrogens is 242 g/mol. The van der Waals surface area contributed by atoms with E-state index in [1.807, 2.05) is 19.1 Å². The van der Waals surface area contributed by atoms with Crippen molar-refractivity contribution in [1.29, 1.82) is 0 Å². The molecule has 6 heteroatoms. The van der Waals surface area contributed by atoms with Gasteiger partial charge in [-0.3, -0.25) is 0 Å². The van der Waals surface area contributed by atoms with Crippen molar-refractivity contribution in [2.45, 2.75) is 6.92 Å². The van der Waals surface area contributed by atoms with Crippen molar-refractivity contribution >= 4 is 31.4 Å². The van der Waals surface area contributed by atoms with Gasteiger partial charge in [-0.15, -0.1) is 0 Å². The minimum atomic E-state index is -0.268. The van der Waals surface area contributed by atoms with Crippen molar-refractivity contribution in [2.75, 3.05) is 7.11 Å². The average Bonchev–Trinajstić information content (AvgIpc) is 2.03. The number of aryl methyl sites for hydroxylation is 1. The van der Waals surface area contributed by atoms with E-state index < -0.39 is 0 Å². The number of methoxy groups -OCH3 is 1. The van der Waals surface area contributed by atoms with Crippen molar-refractivity contribution in [2.24, 2.45) is 0 Å². The summed E-state index contributed by atoms with van der Waals surface area (Å²) < 4.78 is 5.80. The molecule has 0 aliphatic carbocycles. The molecule has 0 aliphatic heterocycles. The van der Waals surface area contributed by atoms with Crippen LogP contribution in [0.25, 0.3) is 0 Å². The van der Waals surface area contributed by atoms with Crippen LogP contribution >= 0.6 is 0 Å². The second-order valence-corrected chi connectivity index (χ2v) is 3.46. The SMILES string of the molecule is COC(=O)c1cc[c]([Mg+])cc1C.[Cl-].[Cl-].[Li+]. The van der Waals surface area contributed by atoms with Gasteiger partial charge in [0, 0.05) is 0 Å². The molecule has 0 aromatic heterocycles. The number of rotatable bonds is 1. The largest absolute Gasteiger partial charge is 1.00 e. The van der Waals surface area contributed by atoms with Crippen LogP contribution in [0.4, 0.5) is 0 Å². The van der Waals surface area contributed by atoms with Crippen molar-refractivity contribution in [3.05, 3.63) is 29.3 Å². The standard InChI is InChI=1S/C9H9O2.2ClH.Li.Mg/c1-7-5-3-4-6-8(7)9(10)11-2;;;;/h4-6H,1-2H3;2*1H;;/q;;;2*+1/p-2. The summed E-state index contributed by atoms with van der Waals surface area (Å²) in [5.74, 6) is -0.268. The van der Waals surface area contributed by atoms with E-state index in [2.05, 4.69) is 4.74 Å². The van der Waals surface area contributed by atoms with E-state index in [1.54, 1.807) is 27.8 Å². The van der Waals surface area contributed by atoms with Gasteiger partial charge in [0.15, 0.2) is 0 Å². The number of carbonyl (C=O) groups is 1. The predicted octanol–water partition coefficient (Wildman–Crippen LogP) is -8.41. The van der Waals surface area contributed by atoms with E-state index in [-0.39, 0.29) is 49.6 Å². The van der Waals surface area contributed by atoms with Gasteiger partial charge in [-0.2, -0.15) is 0 Å². The Bertz CT molecular complexity index is 321. The molecule has 0 saturated heterocycles. The van der Waals surface area contributed by atoms with E-state index in [1.165, 1.54) is 10.8 Å². The smallest absolute Gasteiger partial charge is 1.00 e. The second-order valence-electron chi connectivity index (χ2n) is 2.64. The van der Waals surface area contributed by atoms with Crippen LogP contribution in [0.3, 0.4) is 0 Å². The van der Waals surface area contributed by atoms with Crippen molar-refractivity contribution < 1.29 is 53.2 Å². The summed E-state index contributed by atoms with van der Waals surface area (Å²) in [6.07, 6.45) is 0. The third kappa shape index (κ3) is 6.06. The van der Waals surface area contributed by atoms with E-state index >= 15 is 0 Å². The van der Waals surface area contributed by atoms with Gasteiger partial charge in [0.2, 0.25) is 0 Å². The summed E-state index contributed by atoms with van der Waals surface area (Å²) in [5.41, 5.74) is 1.61. The number of esters is 1. The van der Waals surface area contributed by atoms with Crippen LogP contribution in [-0.4, -0.2) is 34.8 Å². The van der Waals surface area contributed by atoms with Crippen LogP contribution in [0.5, 0.6) is 0 Å². The number of benzene rings is 1. The van der Waals surface area contributed by atoms with E-state index in [4.69, 9.17) is 0 Å². The summed E-state index contributed by atoms with van der Waals surface area (Å²) in [7, 11) is 1.39. The Morgan fingerprint density at radius 3 is 2.27 bits per heavy atom. The first kappa shape index (κ1) is 21.0. The average molecular weight is 251 g/mol. The fourth-order valence-corrected chi connectivity index (χ4v) is 1.49.